The summed E-state index contributed by atoms with van der Waals surface area (Å²) in [6, 6.07) is 4.67. The highest BCUT2D eigenvalue weighted by Gasteiger charge is 2.14. The summed E-state index contributed by atoms with van der Waals surface area (Å²) in [5.41, 5.74) is 1.56. The van der Waals surface area contributed by atoms with E-state index in [9.17, 15) is 9.18 Å². The summed E-state index contributed by atoms with van der Waals surface area (Å²) in [7, 11) is 0. The van der Waals surface area contributed by atoms with Crippen LogP contribution in [0.2, 0.25) is 0 Å². The first-order chi connectivity index (χ1) is 9.60. The largest absolute Gasteiger partial charge is 0.370 e. The van der Waals surface area contributed by atoms with E-state index in [0.29, 0.717) is 18.1 Å². The molecule has 0 saturated heterocycles. The van der Waals surface area contributed by atoms with Gasteiger partial charge in [-0.15, -0.1) is 0 Å². The first-order valence-electron chi connectivity index (χ1n) is 6.23. The van der Waals surface area contributed by atoms with Crippen molar-refractivity contribution in [2.45, 2.75) is 13.8 Å². The van der Waals surface area contributed by atoms with E-state index in [0.717, 1.165) is 18.0 Å². The van der Waals surface area contributed by atoms with Gasteiger partial charge in [-0.05, 0) is 32.0 Å². The summed E-state index contributed by atoms with van der Waals surface area (Å²) in [6.07, 6.45) is 2.62. The average Bonchev–Trinajstić information content (AvgIpc) is 2.43. The number of halogens is 1. The van der Waals surface area contributed by atoms with Crippen molar-refractivity contribution in [2.75, 3.05) is 17.2 Å². The van der Waals surface area contributed by atoms with E-state index >= 15 is 0 Å². The first-order valence-corrected chi connectivity index (χ1v) is 6.23. The number of pyridine rings is 2. The molecule has 0 fully saturated rings. The van der Waals surface area contributed by atoms with Crippen molar-refractivity contribution < 1.29 is 9.18 Å². The Kier molecular flexibility index (Phi) is 4.24. The van der Waals surface area contributed by atoms with Crippen LogP contribution in [0.25, 0.3) is 0 Å². The molecule has 6 heteroatoms. The lowest BCUT2D eigenvalue weighted by Crippen LogP contribution is -2.16. The maximum Gasteiger partial charge on any atom is 0.259 e. The molecule has 2 rings (SSSR count). The molecule has 0 atom stereocenters. The molecular formula is C14H15FN4O. The molecular weight excluding hydrogens is 259 g/mol. The van der Waals surface area contributed by atoms with Gasteiger partial charge in [0.25, 0.3) is 5.91 Å². The summed E-state index contributed by atoms with van der Waals surface area (Å²) in [5.74, 6) is -0.635. The minimum atomic E-state index is -0.557. The van der Waals surface area contributed by atoms with E-state index in [1.807, 2.05) is 13.8 Å². The van der Waals surface area contributed by atoms with Crippen LogP contribution in [0.1, 0.15) is 23.0 Å². The Morgan fingerprint density at radius 2 is 2.10 bits per heavy atom. The lowest BCUT2D eigenvalue weighted by Gasteiger charge is -2.10. The second-order valence-electron chi connectivity index (χ2n) is 4.22. The molecule has 0 bridgehead atoms. The summed E-state index contributed by atoms with van der Waals surface area (Å²) >= 11 is 0. The minimum absolute atomic E-state index is 0.160. The number of hydrogen-bond acceptors (Lipinski definition) is 4. The van der Waals surface area contributed by atoms with Crippen LogP contribution in [0.15, 0.2) is 30.6 Å². The predicted molar refractivity (Wildman–Crippen MR) is 75.3 cm³/mol. The van der Waals surface area contributed by atoms with Gasteiger partial charge in [-0.2, -0.15) is 0 Å². The summed E-state index contributed by atoms with van der Waals surface area (Å²) in [5, 5.41) is 5.59. The molecule has 104 valence electrons. The van der Waals surface area contributed by atoms with Crippen molar-refractivity contribution in [3.05, 3.63) is 47.7 Å². The van der Waals surface area contributed by atoms with Gasteiger partial charge in [-0.1, -0.05) is 0 Å². The normalized spacial score (nSPS) is 10.2. The molecule has 0 spiro atoms. The fourth-order valence-electron chi connectivity index (χ4n) is 1.66. The number of carbonyl (C=O) groups is 1. The maximum atomic E-state index is 13.3. The second-order valence-corrected chi connectivity index (χ2v) is 4.22. The zero-order chi connectivity index (χ0) is 14.5. The maximum absolute atomic E-state index is 13.3. The Balaban J connectivity index is 2.23. The van der Waals surface area contributed by atoms with Crippen LogP contribution in [-0.2, 0) is 0 Å². The van der Waals surface area contributed by atoms with Crippen LogP contribution in [0, 0.1) is 12.7 Å². The Labute approximate surface area is 116 Å². The molecule has 0 aliphatic heterocycles. The summed E-state index contributed by atoms with van der Waals surface area (Å²) in [6.45, 7) is 4.31. The first kappa shape index (κ1) is 13.9. The van der Waals surface area contributed by atoms with Gasteiger partial charge in [0.1, 0.15) is 11.6 Å². The van der Waals surface area contributed by atoms with Crippen LogP contribution in [0.3, 0.4) is 0 Å². The summed E-state index contributed by atoms with van der Waals surface area (Å²) < 4.78 is 13.3. The minimum Gasteiger partial charge on any atom is -0.370 e. The van der Waals surface area contributed by atoms with Gasteiger partial charge >= 0.3 is 0 Å². The molecule has 0 saturated carbocycles. The quantitative estimate of drug-likeness (QED) is 0.899. The van der Waals surface area contributed by atoms with Crippen LogP contribution in [0.5, 0.6) is 0 Å². The Bertz CT molecular complexity index is 613. The fraction of sp³-hybridized carbons (Fsp3) is 0.214. The number of rotatable bonds is 4. The van der Waals surface area contributed by atoms with E-state index in [1.54, 1.807) is 18.3 Å². The van der Waals surface area contributed by atoms with Gasteiger partial charge < -0.3 is 10.6 Å². The Morgan fingerprint density at radius 1 is 1.30 bits per heavy atom. The zero-order valence-electron chi connectivity index (χ0n) is 11.3. The molecule has 2 heterocycles. The number of amides is 1. The smallest absolute Gasteiger partial charge is 0.259 e. The number of hydrogen-bond donors (Lipinski definition) is 2. The number of nitrogens with one attached hydrogen (secondary N) is 2. The zero-order valence-corrected chi connectivity index (χ0v) is 11.3. The van der Waals surface area contributed by atoms with E-state index in [2.05, 4.69) is 20.6 Å². The third kappa shape index (κ3) is 3.28. The molecule has 2 aromatic heterocycles. The number of carbonyl (C=O) groups excluding carboxylic acids is 1. The molecule has 5 nitrogen and oxygen atoms in total. The standard InChI is InChI=1S/C14H15FN4O/c1-3-16-13-12(6-10(15)7-18-13)14(20)19-11-5-4-9(2)17-8-11/h4-8H,3H2,1-2H3,(H,16,18)(H,19,20). The van der Waals surface area contributed by atoms with Gasteiger partial charge in [0.2, 0.25) is 0 Å². The lowest BCUT2D eigenvalue weighted by atomic mass is 10.2. The molecule has 0 unspecified atom stereocenters. The number of aryl methyl sites for hydroxylation is 1. The third-order valence-corrected chi connectivity index (χ3v) is 2.61. The fourth-order valence-corrected chi connectivity index (χ4v) is 1.66. The molecule has 2 aromatic rings. The van der Waals surface area contributed by atoms with Gasteiger partial charge in [0, 0.05) is 12.2 Å². The highest BCUT2D eigenvalue weighted by atomic mass is 19.1. The van der Waals surface area contributed by atoms with Gasteiger partial charge in [-0.25, -0.2) is 9.37 Å². The number of nitrogens with zero attached hydrogens (tertiary/aromatic N) is 2. The Hall–Kier alpha value is -2.50. The SMILES string of the molecule is CCNc1ncc(F)cc1C(=O)Nc1ccc(C)nc1. The van der Waals surface area contributed by atoms with Crippen molar-refractivity contribution in [3.8, 4) is 0 Å². The van der Waals surface area contributed by atoms with Crippen molar-refractivity contribution in [2.24, 2.45) is 0 Å². The highest BCUT2D eigenvalue weighted by molar-refractivity contribution is 6.07. The van der Waals surface area contributed by atoms with Crippen LogP contribution < -0.4 is 10.6 Å². The second kappa shape index (κ2) is 6.10. The molecule has 2 N–H and O–H groups in total. The van der Waals surface area contributed by atoms with Crippen molar-refractivity contribution >= 4 is 17.4 Å². The van der Waals surface area contributed by atoms with E-state index in [4.69, 9.17) is 0 Å². The molecule has 0 aliphatic rings. The van der Waals surface area contributed by atoms with Crippen molar-refractivity contribution in [3.63, 3.8) is 0 Å². The van der Waals surface area contributed by atoms with E-state index in [-0.39, 0.29) is 5.56 Å². The Morgan fingerprint density at radius 3 is 2.75 bits per heavy atom. The molecule has 0 radical (unpaired) electrons. The average molecular weight is 274 g/mol. The van der Waals surface area contributed by atoms with Crippen molar-refractivity contribution in [1.82, 2.24) is 9.97 Å². The molecule has 0 aliphatic carbocycles. The van der Waals surface area contributed by atoms with Crippen molar-refractivity contribution in [1.29, 1.82) is 0 Å². The van der Waals surface area contributed by atoms with Crippen LogP contribution >= 0.6 is 0 Å². The topological polar surface area (TPSA) is 66.9 Å². The molecule has 20 heavy (non-hydrogen) atoms. The number of aromatic nitrogens is 2. The molecule has 1 amide bonds. The summed E-state index contributed by atoms with van der Waals surface area (Å²) in [4.78, 5) is 20.1. The van der Waals surface area contributed by atoms with Gasteiger partial charge in [-0.3, -0.25) is 9.78 Å². The van der Waals surface area contributed by atoms with Gasteiger partial charge in [0.15, 0.2) is 0 Å². The monoisotopic (exact) mass is 274 g/mol. The predicted octanol–water partition coefficient (Wildman–Crippen LogP) is 2.61. The lowest BCUT2D eigenvalue weighted by molar-refractivity contribution is 0.102. The highest BCUT2D eigenvalue weighted by Crippen LogP contribution is 2.16. The van der Waals surface area contributed by atoms with Gasteiger partial charge in [0.05, 0.1) is 23.6 Å². The van der Waals surface area contributed by atoms with E-state index < -0.39 is 11.7 Å². The molecule has 0 aromatic carbocycles. The van der Waals surface area contributed by atoms with Crippen LogP contribution in [-0.4, -0.2) is 22.4 Å². The van der Waals surface area contributed by atoms with Crippen LogP contribution in [0.4, 0.5) is 15.9 Å². The van der Waals surface area contributed by atoms with E-state index in [1.165, 1.54) is 0 Å². The third-order valence-electron chi connectivity index (χ3n) is 2.61. The number of anilines is 2.